The molecule has 0 amide bonds. The quantitative estimate of drug-likeness (QED) is 0.675. The molecule has 6 nitrogen and oxygen atoms in total. The van der Waals surface area contributed by atoms with Gasteiger partial charge in [0.05, 0.1) is 18.8 Å². The molecular weight excluding hydrogens is 264 g/mol. The van der Waals surface area contributed by atoms with Crippen molar-refractivity contribution in [3.63, 3.8) is 0 Å². The van der Waals surface area contributed by atoms with Crippen molar-refractivity contribution in [3.8, 4) is 0 Å². The van der Waals surface area contributed by atoms with Gasteiger partial charge >= 0.3 is 0 Å². The normalized spacial score (nSPS) is 37.0. The maximum atomic E-state index is 9.61. The summed E-state index contributed by atoms with van der Waals surface area (Å²) in [6.45, 7) is 6.13. The molecule has 2 N–H and O–H groups in total. The van der Waals surface area contributed by atoms with E-state index in [1.165, 1.54) is 0 Å². The SMILES string of the molecule is CCCCO[C@@H]1C2OC(C)(C)OC2O[C@@H]1CC(O)CO. The van der Waals surface area contributed by atoms with Crippen molar-refractivity contribution in [2.75, 3.05) is 13.2 Å². The lowest BCUT2D eigenvalue weighted by molar-refractivity contribution is -0.221. The fourth-order valence-electron chi connectivity index (χ4n) is 2.64. The summed E-state index contributed by atoms with van der Waals surface area (Å²) in [5.74, 6) is -0.678. The molecule has 3 unspecified atom stereocenters. The number of hydrogen-bond acceptors (Lipinski definition) is 6. The predicted octanol–water partition coefficient (Wildman–Crippen LogP) is 0.791. The molecule has 0 spiro atoms. The molecule has 0 saturated carbocycles. The van der Waals surface area contributed by atoms with Crippen LogP contribution in [-0.2, 0) is 18.9 Å². The second-order valence-corrected chi connectivity index (χ2v) is 5.90. The van der Waals surface area contributed by atoms with Crippen LogP contribution in [0.2, 0.25) is 0 Å². The molecule has 20 heavy (non-hydrogen) atoms. The minimum Gasteiger partial charge on any atom is -0.394 e. The summed E-state index contributed by atoms with van der Waals surface area (Å²) >= 11 is 0. The van der Waals surface area contributed by atoms with Crippen LogP contribution < -0.4 is 0 Å². The third-order valence-corrected chi connectivity index (χ3v) is 3.61. The van der Waals surface area contributed by atoms with Crippen molar-refractivity contribution < 1.29 is 29.2 Å². The molecule has 0 aliphatic carbocycles. The van der Waals surface area contributed by atoms with E-state index in [1.807, 2.05) is 13.8 Å². The summed E-state index contributed by atoms with van der Waals surface area (Å²) in [4.78, 5) is 0. The van der Waals surface area contributed by atoms with E-state index in [4.69, 9.17) is 24.1 Å². The number of aliphatic hydroxyl groups is 2. The lowest BCUT2D eigenvalue weighted by Crippen LogP contribution is -2.39. The molecule has 5 atom stereocenters. The Hall–Kier alpha value is -0.240. The Morgan fingerprint density at radius 3 is 2.70 bits per heavy atom. The Labute approximate surface area is 120 Å². The van der Waals surface area contributed by atoms with Crippen LogP contribution in [0.25, 0.3) is 0 Å². The summed E-state index contributed by atoms with van der Waals surface area (Å²) in [7, 11) is 0. The van der Waals surface area contributed by atoms with E-state index in [2.05, 4.69) is 6.92 Å². The second kappa shape index (κ2) is 6.68. The van der Waals surface area contributed by atoms with Gasteiger partial charge in [-0.2, -0.15) is 0 Å². The van der Waals surface area contributed by atoms with Gasteiger partial charge in [-0.3, -0.25) is 0 Å². The molecule has 2 aliphatic rings. The lowest BCUT2D eigenvalue weighted by Gasteiger charge is -2.26. The van der Waals surface area contributed by atoms with Crippen LogP contribution in [0, 0.1) is 0 Å². The molecule has 2 heterocycles. The molecule has 0 aromatic carbocycles. The fraction of sp³-hybridized carbons (Fsp3) is 1.00. The number of unbranched alkanes of at least 4 members (excludes halogenated alkanes) is 1. The Kier molecular flexibility index (Phi) is 5.39. The molecule has 0 radical (unpaired) electrons. The zero-order chi connectivity index (χ0) is 14.8. The van der Waals surface area contributed by atoms with E-state index in [0.717, 1.165) is 12.8 Å². The second-order valence-electron chi connectivity index (χ2n) is 5.90. The van der Waals surface area contributed by atoms with Gasteiger partial charge in [-0.15, -0.1) is 0 Å². The van der Waals surface area contributed by atoms with E-state index in [0.29, 0.717) is 13.0 Å². The Balaban J connectivity index is 1.98. The highest BCUT2D eigenvalue weighted by atomic mass is 16.8. The van der Waals surface area contributed by atoms with Crippen molar-refractivity contribution in [1.82, 2.24) is 0 Å². The van der Waals surface area contributed by atoms with Crippen molar-refractivity contribution in [2.24, 2.45) is 0 Å². The molecule has 2 saturated heterocycles. The summed E-state index contributed by atoms with van der Waals surface area (Å²) in [6, 6.07) is 0. The van der Waals surface area contributed by atoms with Crippen LogP contribution in [-0.4, -0.2) is 59.9 Å². The van der Waals surface area contributed by atoms with Crippen molar-refractivity contribution in [1.29, 1.82) is 0 Å². The van der Waals surface area contributed by atoms with E-state index in [9.17, 15) is 5.11 Å². The molecule has 0 bridgehead atoms. The van der Waals surface area contributed by atoms with Crippen LogP contribution >= 0.6 is 0 Å². The van der Waals surface area contributed by atoms with Gasteiger partial charge in [0.15, 0.2) is 12.1 Å². The first kappa shape index (κ1) is 16.1. The molecule has 2 fully saturated rings. The minimum atomic E-state index is -0.816. The molecule has 2 aliphatic heterocycles. The van der Waals surface area contributed by atoms with Gasteiger partial charge in [-0.05, 0) is 20.3 Å². The molecule has 6 heteroatoms. The average Bonchev–Trinajstić information content (AvgIpc) is 2.82. The Morgan fingerprint density at radius 2 is 2.05 bits per heavy atom. The first-order valence-electron chi connectivity index (χ1n) is 7.38. The first-order valence-corrected chi connectivity index (χ1v) is 7.38. The number of hydrogen-bond donors (Lipinski definition) is 2. The highest BCUT2D eigenvalue weighted by Crippen LogP contribution is 2.39. The summed E-state index contributed by atoms with van der Waals surface area (Å²) < 4.78 is 23.2. The Morgan fingerprint density at radius 1 is 1.30 bits per heavy atom. The van der Waals surface area contributed by atoms with Crippen molar-refractivity contribution in [3.05, 3.63) is 0 Å². The van der Waals surface area contributed by atoms with Gasteiger partial charge in [0.2, 0.25) is 0 Å². The standard InChI is InChI=1S/C14H26O6/c1-4-5-6-17-11-10(7-9(16)8-15)18-13-12(11)19-14(2,3)20-13/h9-13,15-16H,4-8H2,1-3H3/t9?,10-,11+,12?,13?/m1/s1. The predicted molar refractivity (Wildman–Crippen MR) is 71.1 cm³/mol. The van der Waals surface area contributed by atoms with Crippen LogP contribution in [0.1, 0.15) is 40.0 Å². The monoisotopic (exact) mass is 290 g/mol. The highest BCUT2D eigenvalue weighted by molar-refractivity contribution is 4.94. The van der Waals surface area contributed by atoms with Crippen molar-refractivity contribution in [2.45, 2.75) is 76.5 Å². The van der Waals surface area contributed by atoms with Gasteiger partial charge in [0.25, 0.3) is 0 Å². The van der Waals surface area contributed by atoms with Crippen LogP contribution in [0.4, 0.5) is 0 Å². The minimum absolute atomic E-state index is 0.269. The maximum absolute atomic E-state index is 9.61. The van der Waals surface area contributed by atoms with Crippen LogP contribution in [0.5, 0.6) is 0 Å². The highest BCUT2D eigenvalue weighted by Gasteiger charge is 2.55. The molecule has 0 aromatic heterocycles. The molecule has 118 valence electrons. The zero-order valence-electron chi connectivity index (χ0n) is 12.4. The third-order valence-electron chi connectivity index (χ3n) is 3.61. The van der Waals surface area contributed by atoms with Gasteiger partial charge < -0.3 is 29.2 Å². The van der Waals surface area contributed by atoms with Crippen LogP contribution in [0.3, 0.4) is 0 Å². The number of fused-ring (bicyclic) bond motifs is 1. The van der Waals surface area contributed by atoms with Gasteiger partial charge in [0, 0.05) is 13.0 Å². The number of aliphatic hydroxyl groups excluding tert-OH is 2. The lowest BCUT2D eigenvalue weighted by atomic mass is 10.0. The first-order chi connectivity index (χ1) is 9.46. The smallest absolute Gasteiger partial charge is 0.190 e. The van der Waals surface area contributed by atoms with E-state index in [1.54, 1.807) is 0 Å². The Bertz CT molecular complexity index is 308. The summed E-state index contributed by atoms with van der Waals surface area (Å²) in [5.41, 5.74) is 0. The number of rotatable bonds is 7. The maximum Gasteiger partial charge on any atom is 0.190 e. The summed E-state index contributed by atoms with van der Waals surface area (Å²) in [5, 5.41) is 18.6. The molecule has 2 rings (SSSR count). The van der Waals surface area contributed by atoms with E-state index < -0.39 is 18.2 Å². The van der Waals surface area contributed by atoms with Gasteiger partial charge in [-0.25, -0.2) is 0 Å². The van der Waals surface area contributed by atoms with Gasteiger partial charge in [-0.1, -0.05) is 13.3 Å². The van der Waals surface area contributed by atoms with Crippen molar-refractivity contribution >= 4 is 0 Å². The topological polar surface area (TPSA) is 77.4 Å². The molecular formula is C14H26O6. The largest absolute Gasteiger partial charge is 0.394 e. The zero-order valence-corrected chi connectivity index (χ0v) is 12.4. The van der Waals surface area contributed by atoms with E-state index in [-0.39, 0.29) is 24.9 Å². The summed E-state index contributed by atoms with van der Waals surface area (Å²) in [6.07, 6.45) is 0.180. The molecule has 0 aromatic rings. The van der Waals surface area contributed by atoms with Gasteiger partial charge in [0.1, 0.15) is 12.2 Å². The average molecular weight is 290 g/mol. The third kappa shape index (κ3) is 3.69. The van der Waals surface area contributed by atoms with Crippen LogP contribution in [0.15, 0.2) is 0 Å². The fourth-order valence-corrected chi connectivity index (χ4v) is 2.64. The van der Waals surface area contributed by atoms with E-state index >= 15 is 0 Å². The number of ether oxygens (including phenoxy) is 4.